The first kappa shape index (κ1) is 15.5. The monoisotopic (exact) mass is 295 g/mol. The Morgan fingerprint density at radius 2 is 1.82 bits per heavy atom. The van der Waals surface area contributed by atoms with E-state index in [9.17, 15) is 9.59 Å². The van der Waals surface area contributed by atoms with Gasteiger partial charge in [-0.2, -0.15) is 5.26 Å². The van der Waals surface area contributed by atoms with E-state index in [-0.39, 0.29) is 18.0 Å². The van der Waals surface area contributed by atoms with Gasteiger partial charge >= 0.3 is 0 Å². The van der Waals surface area contributed by atoms with Gasteiger partial charge in [0.1, 0.15) is 18.2 Å². The summed E-state index contributed by atoms with van der Waals surface area (Å²) in [5.74, 6) is -0.203. The van der Waals surface area contributed by atoms with E-state index in [4.69, 9.17) is 5.26 Å². The number of nitrogens with zero attached hydrogens (tertiary/aromatic N) is 3. The number of nitriles is 1. The Hall–Kier alpha value is -2.87. The van der Waals surface area contributed by atoms with Crippen molar-refractivity contribution in [2.75, 3.05) is 14.1 Å². The molecule has 112 valence electrons. The number of aryl methyl sites for hydroxylation is 1. The first-order valence-electron chi connectivity index (χ1n) is 6.85. The van der Waals surface area contributed by atoms with Crippen LogP contribution in [0.5, 0.6) is 0 Å². The fourth-order valence-corrected chi connectivity index (χ4v) is 2.07. The third kappa shape index (κ3) is 3.07. The quantitative estimate of drug-likeness (QED) is 0.867. The van der Waals surface area contributed by atoms with Crippen LogP contribution in [0.15, 0.2) is 41.2 Å². The second kappa shape index (κ2) is 6.27. The van der Waals surface area contributed by atoms with Crippen molar-refractivity contribution in [3.63, 3.8) is 0 Å². The summed E-state index contributed by atoms with van der Waals surface area (Å²) in [6.07, 6.45) is 0. The molecule has 0 fully saturated rings. The minimum atomic E-state index is -0.448. The van der Waals surface area contributed by atoms with Crippen LogP contribution >= 0.6 is 0 Å². The maximum absolute atomic E-state index is 12.4. The maximum Gasteiger partial charge on any atom is 0.269 e. The second-order valence-corrected chi connectivity index (χ2v) is 5.29. The lowest BCUT2D eigenvalue weighted by Gasteiger charge is -2.16. The zero-order chi connectivity index (χ0) is 16.3. The van der Waals surface area contributed by atoms with Crippen molar-refractivity contribution < 1.29 is 4.79 Å². The summed E-state index contributed by atoms with van der Waals surface area (Å²) in [5.41, 5.74) is 2.15. The molecule has 0 unspecified atom stereocenters. The Morgan fingerprint density at radius 3 is 2.36 bits per heavy atom. The predicted octanol–water partition coefficient (Wildman–Crippen LogP) is 1.78. The third-order valence-electron chi connectivity index (χ3n) is 3.43. The van der Waals surface area contributed by atoms with Crippen LogP contribution in [0.2, 0.25) is 0 Å². The summed E-state index contributed by atoms with van der Waals surface area (Å²) >= 11 is 0. The summed E-state index contributed by atoms with van der Waals surface area (Å²) in [6.45, 7) is 1.88. The maximum atomic E-state index is 12.4. The molecule has 0 radical (unpaired) electrons. The highest BCUT2D eigenvalue weighted by molar-refractivity contribution is 5.76. The van der Waals surface area contributed by atoms with E-state index >= 15 is 0 Å². The molecular formula is C17H17N3O2. The topological polar surface area (TPSA) is 66.1 Å². The number of hydrogen-bond donors (Lipinski definition) is 0. The number of rotatable bonds is 3. The van der Waals surface area contributed by atoms with Gasteiger partial charge in [-0.3, -0.25) is 14.2 Å². The SMILES string of the molecule is Cc1ccc(-c2ccc(C#N)c(=O)n2CC(=O)N(C)C)cc1. The Bertz CT molecular complexity index is 796. The number of carbonyl (C=O) groups excluding carboxylic acids is 1. The molecule has 5 nitrogen and oxygen atoms in total. The van der Waals surface area contributed by atoms with Crippen LogP contribution in [-0.4, -0.2) is 29.5 Å². The van der Waals surface area contributed by atoms with Crippen LogP contribution in [0.3, 0.4) is 0 Å². The van der Waals surface area contributed by atoms with E-state index in [2.05, 4.69) is 0 Å². The Kier molecular flexibility index (Phi) is 4.42. The Morgan fingerprint density at radius 1 is 1.18 bits per heavy atom. The molecule has 0 N–H and O–H groups in total. The van der Waals surface area contributed by atoms with Crippen LogP contribution in [0.25, 0.3) is 11.3 Å². The lowest BCUT2D eigenvalue weighted by Crippen LogP contribution is -2.33. The number of hydrogen-bond acceptors (Lipinski definition) is 3. The van der Waals surface area contributed by atoms with E-state index in [1.807, 2.05) is 37.3 Å². The average Bonchev–Trinajstić information content (AvgIpc) is 2.50. The molecule has 0 spiro atoms. The molecule has 0 bridgehead atoms. The van der Waals surface area contributed by atoms with Gasteiger partial charge in [-0.25, -0.2) is 0 Å². The summed E-state index contributed by atoms with van der Waals surface area (Å²) in [6, 6.07) is 12.7. The van der Waals surface area contributed by atoms with Crippen molar-refractivity contribution in [3.8, 4) is 17.3 Å². The molecule has 0 atom stereocenters. The zero-order valence-corrected chi connectivity index (χ0v) is 12.8. The van der Waals surface area contributed by atoms with Gasteiger partial charge in [-0.05, 0) is 24.6 Å². The average molecular weight is 295 g/mol. The molecule has 22 heavy (non-hydrogen) atoms. The minimum Gasteiger partial charge on any atom is -0.347 e. The van der Waals surface area contributed by atoms with Gasteiger partial charge in [-0.1, -0.05) is 29.8 Å². The zero-order valence-electron chi connectivity index (χ0n) is 12.8. The smallest absolute Gasteiger partial charge is 0.269 e. The molecule has 0 saturated heterocycles. The second-order valence-electron chi connectivity index (χ2n) is 5.29. The van der Waals surface area contributed by atoms with E-state index < -0.39 is 5.56 Å². The van der Waals surface area contributed by atoms with Gasteiger partial charge in [0.2, 0.25) is 5.91 Å². The van der Waals surface area contributed by atoms with Crippen molar-refractivity contribution in [2.24, 2.45) is 0 Å². The molecule has 5 heteroatoms. The highest BCUT2D eigenvalue weighted by atomic mass is 16.2. The van der Waals surface area contributed by atoms with Crippen molar-refractivity contribution in [1.29, 1.82) is 5.26 Å². The summed E-state index contributed by atoms with van der Waals surface area (Å²) in [5, 5.41) is 9.03. The molecule has 1 heterocycles. The molecule has 1 aromatic carbocycles. The molecule has 0 aliphatic heterocycles. The number of benzene rings is 1. The number of carbonyl (C=O) groups is 1. The predicted molar refractivity (Wildman–Crippen MR) is 84.3 cm³/mol. The van der Waals surface area contributed by atoms with E-state index in [0.717, 1.165) is 11.1 Å². The van der Waals surface area contributed by atoms with Crippen LogP contribution in [0.1, 0.15) is 11.1 Å². The summed E-state index contributed by atoms with van der Waals surface area (Å²) < 4.78 is 1.35. The highest BCUT2D eigenvalue weighted by Gasteiger charge is 2.14. The number of likely N-dealkylation sites (N-methyl/N-ethyl adjacent to an activating group) is 1. The first-order valence-corrected chi connectivity index (χ1v) is 6.85. The van der Waals surface area contributed by atoms with Crippen molar-refractivity contribution >= 4 is 5.91 Å². The van der Waals surface area contributed by atoms with Crippen LogP contribution in [0.4, 0.5) is 0 Å². The van der Waals surface area contributed by atoms with E-state index in [1.165, 1.54) is 15.5 Å². The van der Waals surface area contributed by atoms with Gasteiger partial charge in [0.15, 0.2) is 0 Å². The van der Waals surface area contributed by atoms with Gasteiger partial charge in [0.05, 0.1) is 5.69 Å². The molecule has 1 amide bonds. The molecule has 2 rings (SSSR count). The summed E-state index contributed by atoms with van der Waals surface area (Å²) in [7, 11) is 3.26. The number of amides is 1. The Balaban J connectivity index is 2.61. The fourth-order valence-electron chi connectivity index (χ4n) is 2.07. The van der Waals surface area contributed by atoms with Crippen LogP contribution < -0.4 is 5.56 Å². The largest absolute Gasteiger partial charge is 0.347 e. The Labute approximate surface area is 129 Å². The normalized spacial score (nSPS) is 10.1. The van der Waals surface area contributed by atoms with Crippen LogP contribution in [-0.2, 0) is 11.3 Å². The highest BCUT2D eigenvalue weighted by Crippen LogP contribution is 2.19. The molecular weight excluding hydrogens is 278 g/mol. The molecule has 2 aromatic rings. The molecule has 0 aliphatic rings. The van der Waals surface area contributed by atoms with Gasteiger partial charge in [0.25, 0.3) is 5.56 Å². The third-order valence-corrected chi connectivity index (χ3v) is 3.43. The van der Waals surface area contributed by atoms with Crippen molar-refractivity contribution in [3.05, 3.63) is 57.9 Å². The lowest BCUT2D eigenvalue weighted by molar-refractivity contribution is -0.129. The minimum absolute atomic E-state index is 0.0300. The summed E-state index contributed by atoms with van der Waals surface area (Å²) in [4.78, 5) is 25.8. The first-order chi connectivity index (χ1) is 10.4. The van der Waals surface area contributed by atoms with Gasteiger partial charge in [0, 0.05) is 14.1 Å². The van der Waals surface area contributed by atoms with E-state index in [1.54, 1.807) is 20.2 Å². The van der Waals surface area contributed by atoms with E-state index in [0.29, 0.717) is 5.69 Å². The molecule has 0 saturated carbocycles. The molecule has 1 aromatic heterocycles. The number of pyridine rings is 1. The fraction of sp³-hybridized carbons (Fsp3) is 0.235. The van der Waals surface area contributed by atoms with Crippen molar-refractivity contribution in [1.82, 2.24) is 9.47 Å². The lowest BCUT2D eigenvalue weighted by atomic mass is 10.1. The van der Waals surface area contributed by atoms with Gasteiger partial charge in [-0.15, -0.1) is 0 Å². The standard InChI is InChI=1S/C17H17N3O2/c1-12-4-6-13(7-5-12)15-9-8-14(10-18)17(22)20(15)11-16(21)19(2)3/h4-9H,11H2,1-3H3. The number of aromatic nitrogens is 1. The molecule has 0 aliphatic carbocycles. The van der Waals surface area contributed by atoms with Gasteiger partial charge < -0.3 is 4.90 Å². The van der Waals surface area contributed by atoms with Crippen LogP contribution in [0, 0.1) is 18.3 Å². The van der Waals surface area contributed by atoms with Crippen molar-refractivity contribution in [2.45, 2.75) is 13.5 Å².